The van der Waals surface area contributed by atoms with E-state index in [1.54, 1.807) is 0 Å². The lowest BCUT2D eigenvalue weighted by molar-refractivity contribution is -0.222. The predicted molar refractivity (Wildman–Crippen MR) is 56.4 cm³/mol. The number of carbonyl (C=O) groups is 1. The van der Waals surface area contributed by atoms with Crippen LogP contribution in [0.5, 0.6) is 0 Å². The average Bonchev–Trinajstić information content (AvgIpc) is 2.98. The van der Waals surface area contributed by atoms with E-state index in [2.05, 4.69) is 5.32 Å². The molecule has 2 rings (SSSR count). The molecule has 1 aliphatic heterocycles. The monoisotopic (exact) mass is 250 g/mol. The summed E-state index contributed by atoms with van der Waals surface area (Å²) in [6.07, 6.45) is -2.45. The van der Waals surface area contributed by atoms with Gasteiger partial charge in [-0.3, -0.25) is 4.79 Å². The first-order valence-electron chi connectivity index (χ1n) is 5.95. The molecule has 6 heteroatoms. The van der Waals surface area contributed by atoms with Gasteiger partial charge in [-0.2, -0.15) is 13.2 Å². The van der Waals surface area contributed by atoms with Gasteiger partial charge in [-0.15, -0.1) is 0 Å². The molecule has 1 unspecified atom stereocenters. The Labute approximate surface area is 98.3 Å². The van der Waals surface area contributed by atoms with Crippen LogP contribution in [0.2, 0.25) is 0 Å². The molecule has 1 N–H and O–H groups in total. The van der Waals surface area contributed by atoms with Crippen molar-refractivity contribution < 1.29 is 18.0 Å². The lowest BCUT2D eigenvalue weighted by Crippen LogP contribution is -2.62. The predicted octanol–water partition coefficient (Wildman–Crippen LogP) is 1.54. The summed E-state index contributed by atoms with van der Waals surface area (Å²) in [5.41, 5.74) is -1.98. The maximum absolute atomic E-state index is 13.3. The van der Waals surface area contributed by atoms with E-state index >= 15 is 0 Å². The summed E-state index contributed by atoms with van der Waals surface area (Å²) >= 11 is 0. The third-order valence-electron chi connectivity index (χ3n) is 3.68. The first kappa shape index (κ1) is 12.7. The van der Waals surface area contributed by atoms with E-state index in [-0.39, 0.29) is 31.3 Å². The number of amides is 1. The lowest BCUT2D eigenvalue weighted by atomic mass is 9.94. The number of rotatable bonds is 3. The maximum Gasteiger partial charge on any atom is 0.412 e. The molecule has 1 saturated carbocycles. The van der Waals surface area contributed by atoms with Gasteiger partial charge >= 0.3 is 6.18 Å². The summed E-state index contributed by atoms with van der Waals surface area (Å²) in [6.45, 7) is 0.0193. The SMILES string of the molecule is CNCC1(C(F)(F)F)CCCN1C(=O)C1CC1. The van der Waals surface area contributed by atoms with Crippen molar-refractivity contribution >= 4 is 5.91 Å². The van der Waals surface area contributed by atoms with E-state index in [9.17, 15) is 18.0 Å². The molecule has 1 aliphatic carbocycles. The van der Waals surface area contributed by atoms with E-state index in [1.807, 2.05) is 0 Å². The molecule has 1 heterocycles. The highest BCUT2D eigenvalue weighted by molar-refractivity contribution is 5.82. The van der Waals surface area contributed by atoms with E-state index in [0.29, 0.717) is 6.42 Å². The summed E-state index contributed by atoms with van der Waals surface area (Å²) < 4.78 is 39.8. The first-order valence-corrected chi connectivity index (χ1v) is 5.95. The van der Waals surface area contributed by atoms with Crippen LogP contribution >= 0.6 is 0 Å². The molecule has 0 bridgehead atoms. The molecule has 0 aromatic rings. The van der Waals surface area contributed by atoms with Crippen LogP contribution < -0.4 is 5.32 Å². The Morgan fingerprint density at radius 3 is 2.59 bits per heavy atom. The molecular formula is C11H17F3N2O. The second-order valence-electron chi connectivity index (χ2n) is 4.93. The van der Waals surface area contributed by atoms with Gasteiger partial charge in [0.15, 0.2) is 5.54 Å². The number of carbonyl (C=O) groups excluding carboxylic acids is 1. The zero-order chi connectivity index (χ0) is 12.7. The highest BCUT2D eigenvalue weighted by Crippen LogP contribution is 2.45. The third-order valence-corrected chi connectivity index (χ3v) is 3.68. The zero-order valence-corrected chi connectivity index (χ0v) is 9.81. The standard InChI is InChI=1S/C11H17F3N2O/c1-15-7-10(11(12,13)14)5-2-6-16(10)9(17)8-3-4-8/h8,15H,2-7H2,1H3. The topological polar surface area (TPSA) is 32.3 Å². The Morgan fingerprint density at radius 1 is 1.47 bits per heavy atom. The molecule has 2 aliphatic rings. The van der Waals surface area contributed by atoms with Crippen molar-refractivity contribution in [2.75, 3.05) is 20.1 Å². The van der Waals surface area contributed by atoms with Crippen molar-refractivity contribution in [2.45, 2.75) is 37.4 Å². The number of likely N-dealkylation sites (tertiary alicyclic amines) is 1. The fourth-order valence-corrected chi connectivity index (χ4v) is 2.62. The number of nitrogens with zero attached hydrogens (tertiary/aromatic N) is 1. The molecule has 0 spiro atoms. The Balaban J connectivity index is 2.26. The smallest absolute Gasteiger partial charge is 0.327 e. The maximum atomic E-state index is 13.3. The molecule has 0 aromatic heterocycles. The fraction of sp³-hybridized carbons (Fsp3) is 0.909. The van der Waals surface area contributed by atoms with Gasteiger partial charge in [-0.05, 0) is 32.7 Å². The second-order valence-corrected chi connectivity index (χ2v) is 4.93. The van der Waals surface area contributed by atoms with Gasteiger partial charge in [-0.25, -0.2) is 0 Å². The Bertz CT molecular complexity index is 314. The second kappa shape index (κ2) is 4.15. The number of likely N-dealkylation sites (N-methyl/N-ethyl adjacent to an activating group) is 1. The third kappa shape index (κ3) is 2.03. The highest BCUT2D eigenvalue weighted by atomic mass is 19.4. The van der Waals surface area contributed by atoms with Gasteiger partial charge in [-0.1, -0.05) is 0 Å². The molecule has 98 valence electrons. The van der Waals surface area contributed by atoms with Crippen LogP contribution in [0.25, 0.3) is 0 Å². The van der Waals surface area contributed by atoms with Crippen molar-refractivity contribution in [3.05, 3.63) is 0 Å². The van der Waals surface area contributed by atoms with Crippen LogP contribution in [-0.2, 0) is 4.79 Å². The minimum atomic E-state index is -4.36. The van der Waals surface area contributed by atoms with Crippen molar-refractivity contribution in [2.24, 2.45) is 5.92 Å². The number of halogens is 3. The quantitative estimate of drug-likeness (QED) is 0.824. The van der Waals surface area contributed by atoms with E-state index in [0.717, 1.165) is 17.7 Å². The van der Waals surface area contributed by atoms with Crippen LogP contribution in [0, 0.1) is 5.92 Å². The van der Waals surface area contributed by atoms with Crippen LogP contribution in [0.1, 0.15) is 25.7 Å². The molecule has 0 radical (unpaired) electrons. The lowest BCUT2D eigenvalue weighted by Gasteiger charge is -2.40. The summed E-state index contributed by atoms with van der Waals surface area (Å²) in [7, 11) is 1.49. The van der Waals surface area contributed by atoms with Crippen LogP contribution in [0.15, 0.2) is 0 Å². The van der Waals surface area contributed by atoms with Gasteiger partial charge in [0, 0.05) is 19.0 Å². The van der Waals surface area contributed by atoms with Crippen molar-refractivity contribution in [1.29, 1.82) is 0 Å². The van der Waals surface area contributed by atoms with E-state index in [1.165, 1.54) is 7.05 Å². The van der Waals surface area contributed by atoms with Gasteiger partial charge < -0.3 is 10.2 Å². The normalized spacial score (nSPS) is 29.8. The van der Waals surface area contributed by atoms with Crippen LogP contribution in [0.3, 0.4) is 0 Å². The van der Waals surface area contributed by atoms with Gasteiger partial charge in [0.25, 0.3) is 0 Å². The molecule has 1 amide bonds. The molecule has 3 nitrogen and oxygen atoms in total. The van der Waals surface area contributed by atoms with E-state index in [4.69, 9.17) is 0 Å². The minimum Gasteiger partial charge on any atom is -0.327 e. The molecular weight excluding hydrogens is 233 g/mol. The van der Waals surface area contributed by atoms with Crippen molar-refractivity contribution in [3.8, 4) is 0 Å². The number of hydrogen-bond acceptors (Lipinski definition) is 2. The Kier molecular flexibility index (Phi) is 3.10. The van der Waals surface area contributed by atoms with Gasteiger partial charge in [0.1, 0.15) is 0 Å². The van der Waals surface area contributed by atoms with Crippen LogP contribution in [-0.4, -0.2) is 42.7 Å². The summed E-state index contributed by atoms with van der Waals surface area (Å²) in [5, 5.41) is 2.59. The Morgan fingerprint density at radius 2 is 2.12 bits per heavy atom. The van der Waals surface area contributed by atoms with Crippen molar-refractivity contribution in [1.82, 2.24) is 10.2 Å². The molecule has 1 saturated heterocycles. The summed E-state index contributed by atoms with van der Waals surface area (Å²) in [5.74, 6) is -0.471. The molecule has 1 atom stereocenters. The Hall–Kier alpha value is -0.780. The van der Waals surface area contributed by atoms with Gasteiger partial charge in [0.2, 0.25) is 5.91 Å². The van der Waals surface area contributed by atoms with Gasteiger partial charge in [0.05, 0.1) is 0 Å². The zero-order valence-electron chi connectivity index (χ0n) is 9.81. The van der Waals surface area contributed by atoms with Crippen LogP contribution in [0.4, 0.5) is 13.2 Å². The number of nitrogens with one attached hydrogen (secondary N) is 1. The fourth-order valence-electron chi connectivity index (χ4n) is 2.62. The molecule has 17 heavy (non-hydrogen) atoms. The summed E-state index contributed by atoms with van der Waals surface area (Å²) in [4.78, 5) is 13.0. The number of hydrogen-bond donors (Lipinski definition) is 1. The minimum absolute atomic E-state index is 0.00972. The first-order chi connectivity index (χ1) is 7.92. The molecule has 0 aromatic carbocycles. The number of alkyl halides is 3. The highest BCUT2D eigenvalue weighted by Gasteiger charge is 2.62. The summed E-state index contributed by atoms with van der Waals surface area (Å²) in [6, 6.07) is 0. The van der Waals surface area contributed by atoms with Crippen molar-refractivity contribution in [3.63, 3.8) is 0 Å². The largest absolute Gasteiger partial charge is 0.412 e. The van der Waals surface area contributed by atoms with E-state index < -0.39 is 11.7 Å². The molecule has 2 fully saturated rings. The average molecular weight is 250 g/mol.